The summed E-state index contributed by atoms with van der Waals surface area (Å²) in [4.78, 5) is 3.99. The van der Waals surface area contributed by atoms with E-state index in [0.29, 0.717) is 5.56 Å². The van der Waals surface area contributed by atoms with Crippen molar-refractivity contribution >= 4 is 0 Å². The van der Waals surface area contributed by atoms with Crippen LogP contribution in [0.1, 0.15) is 11.1 Å². The van der Waals surface area contributed by atoms with Gasteiger partial charge in [-0.25, -0.2) is 0 Å². The Morgan fingerprint density at radius 2 is 1.84 bits per heavy atom. The zero-order valence-corrected chi connectivity index (χ0v) is 9.78. The van der Waals surface area contributed by atoms with Gasteiger partial charge in [-0.2, -0.15) is 18.4 Å². The van der Waals surface area contributed by atoms with E-state index in [-0.39, 0.29) is 17.7 Å². The molecule has 0 aliphatic heterocycles. The van der Waals surface area contributed by atoms with Crippen LogP contribution in [0.25, 0.3) is 11.3 Å². The van der Waals surface area contributed by atoms with Gasteiger partial charge in [0.05, 0.1) is 23.7 Å². The van der Waals surface area contributed by atoms with Crippen LogP contribution >= 0.6 is 0 Å². The highest BCUT2D eigenvalue weighted by molar-refractivity contribution is 5.60. The SMILES string of the molecule is N#CCc1cnc(-c2ccccc2)cc1C(F)(F)F. The van der Waals surface area contributed by atoms with E-state index in [2.05, 4.69) is 4.98 Å². The Morgan fingerprint density at radius 3 is 2.42 bits per heavy atom. The van der Waals surface area contributed by atoms with Crippen molar-refractivity contribution in [2.75, 3.05) is 0 Å². The minimum atomic E-state index is -4.49. The van der Waals surface area contributed by atoms with Crippen LogP contribution in [0.15, 0.2) is 42.6 Å². The molecule has 0 atom stereocenters. The predicted molar refractivity (Wildman–Crippen MR) is 64.0 cm³/mol. The lowest BCUT2D eigenvalue weighted by Crippen LogP contribution is -2.10. The van der Waals surface area contributed by atoms with Crippen LogP contribution in [0.4, 0.5) is 13.2 Å². The normalized spacial score (nSPS) is 11.1. The Hall–Kier alpha value is -2.35. The van der Waals surface area contributed by atoms with Crippen LogP contribution < -0.4 is 0 Å². The predicted octanol–water partition coefficient (Wildman–Crippen LogP) is 3.83. The lowest BCUT2D eigenvalue weighted by molar-refractivity contribution is -0.138. The Morgan fingerprint density at radius 1 is 1.16 bits per heavy atom. The van der Waals surface area contributed by atoms with Crippen molar-refractivity contribution in [3.05, 3.63) is 53.7 Å². The van der Waals surface area contributed by atoms with Gasteiger partial charge < -0.3 is 0 Å². The number of halogens is 3. The summed E-state index contributed by atoms with van der Waals surface area (Å²) in [5.41, 5.74) is -0.0521. The first kappa shape index (κ1) is 13.1. The number of hydrogen-bond acceptors (Lipinski definition) is 2. The van der Waals surface area contributed by atoms with Crippen LogP contribution in [0.2, 0.25) is 0 Å². The van der Waals surface area contributed by atoms with Crippen LogP contribution in [-0.4, -0.2) is 4.98 Å². The lowest BCUT2D eigenvalue weighted by atomic mass is 10.0. The second-order valence-electron chi connectivity index (χ2n) is 3.93. The van der Waals surface area contributed by atoms with E-state index in [1.54, 1.807) is 36.4 Å². The largest absolute Gasteiger partial charge is 0.416 e. The number of nitriles is 1. The number of alkyl halides is 3. The van der Waals surface area contributed by atoms with E-state index < -0.39 is 11.7 Å². The summed E-state index contributed by atoms with van der Waals surface area (Å²) in [5.74, 6) is 0. The summed E-state index contributed by atoms with van der Waals surface area (Å²) in [6.45, 7) is 0. The molecule has 19 heavy (non-hydrogen) atoms. The molecule has 1 aromatic carbocycles. The summed E-state index contributed by atoms with van der Waals surface area (Å²) >= 11 is 0. The first-order valence-corrected chi connectivity index (χ1v) is 5.51. The third-order valence-electron chi connectivity index (χ3n) is 2.63. The lowest BCUT2D eigenvalue weighted by Gasteiger charge is -2.12. The smallest absolute Gasteiger partial charge is 0.256 e. The highest BCUT2D eigenvalue weighted by atomic mass is 19.4. The molecular formula is C14H9F3N2. The highest BCUT2D eigenvalue weighted by Gasteiger charge is 2.33. The van der Waals surface area contributed by atoms with Gasteiger partial charge in [0.15, 0.2) is 0 Å². The van der Waals surface area contributed by atoms with Gasteiger partial charge in [0.25, 0.3) is 0 Å². The van der Waals surface area contributed by atoms with Gasteiger partial charge >= 0.3 is 6.18 Å². The molecule has 0 saturated heterocycles. The summed E-state index contributed by atoms with van der Waals surface area (Å²) in [6.07, 6.45) is -3.68. The van der Waals surface area contributed by atoms with Crippen molar-refractivity contribution in [3.63, 3.8) is 0 Å². The minimum absolute atomic E-state index is 0.102. The van der Waals surface area contributed by atoms with Crippen molar-refractivity contribution in [3.8, 4) is 17.3 Å². The number of benzene rings is 1. The molecule has 0 saturated carbocycles. The fourth-order valence-corrected chi connectivity index (χ4v) is 1.74. The number of rotatable bonds is 2. The molecule has 0 radical (unpaired) electrons. The molecule has 0 spiro atoms. The molecular weight excluding hydrogens is 253 g/mol. The van der Waals surface area contributed by atoms with Crippen LogP contribution in [0.3, 0.4) is 0 Å². The van der Waals surface area contributed by atoms with Crippen molar-refractivity contribution in [1.82, 2.24) is 4.98 Å². The number of hydrogen-bond donors (Lipinski definition) is 0. The first-order chi connectivity index (χ1) is 9.02. The third kappa shape index (κ3) is 2.91. The Bertz CT molecular complexity index is 613. The quantitative estimate of drug-likeness (QED) is 0.824. The van der Waals surface area contributed by atoms with E-state index in [0.717, 1.165) is 12.3 Å². The topological polar surface area (TPSA) is 36.7 Å². The molecule has 2 aromatic rings. The summed E-state index contributed by atoms with van der Waals surface area (Å²) < 4.78 is 38.8. The van der Waals surface area contributed by atoms with Gasteiger partial charge in [-0.1, -0.05) is 30.3 Å². The zero-order valence-electron chi connectivity index (χ0n) is 9.78. The van der Waals surface area contributed by atoms with Gasteiger partial charge in [0, 0.05) is 11.8 Å². The molecule has 0 aliphatic carbocycles. The molecule has 0 amide bonds. The van der Waals surface area contributed by atoms with E-state index >= 15 is 0 Å². The number of nitrogens with zero attached hydrogens (tertiary/aromatic N) is 2. The highest BCUT2D eigenvalue weighted by Crippen LogP contribution is 2.34. The Labute approximate surface area is 108 Å². The van der Waals surface area contributed by atoms with Crippen molar-refractivity contribution in [2.24, 2.45) is 0 Å². The van der Waals surface area contributed by atoms with Crippen LogP contribution in [0, 0.1) is 11.3 Å². The maximum atomic E-state index is 12.9. The van der Waals surface area contributed by atoms with Crippen molar-refractivity contribution in [1.29, 1.82) is 5.26 Å². The standard InChI is InChI=1S/C14H9F3N2/c15-14(16,17)12-8-13(10-4-2-1-3-5-10)19-9-11(12)6-7-18/h1-5,8-9H,6H2. The molecule has 0 aliphatic rings. The average molecular weight is 262 g/mol. The van der Waals surface area contributed by atoms with E-state index in [1.165, 1.54) is 0 Å². The molecule has 5 heteroatoms. The molecule has 2 rings (SSSR count). The molecule has 96 valence electrons. The maximum absolute atomic E-state index is 12.9. The molecule has 0 fully saturated rings. The summed E-state index contributed by atoms with van der Waals surface area (Å²) in [5, 5.41) is 8.55. The minimum Gasteiger partial charge on any atom is -0.256 e. The number of aromatic nitrogens is 1. The zero-order chi connectivity index (χ0) is 13.9. The van der Waals surface area contributed by atoms with Gasteiger partial charge in [-0.3, -0.25) is 4.98 Å². The second-order valence-corrected chi connectivity index (χ2v) is 3.93. The van der Waals surface area contributed by atoms with Gasteiger partial charge in [0.1, 0.15) is 0 Å². The van der Waals surface area contributed by atoms with E-state index in [4.69, 9.17) is 5.26 Å². The van der Waals surface area contributed by atoms with Crippen molar-refractivity contribution < 1.29 is 13.2 Å². The van der Waals surface area contributed by atoms with E-state index in [1.807, 2.05) is 0 Å². The molecule has 0 unspecified atom stereocenters. The van der Waals surface area contributed by atoms with Crippen LogP contribution in [0.5, 0.6) is 0 Å². The van der Waals surface area contributed by atoms with Gasteiger partial charge in [-0.05, 0) is 11.6 Å². The van der Waals surface area contributed by atoms with Gasteiger partial charge in [-0.15, -0.1) is 0 Å². The fraction of sp³-hybridized carbons (Fsp3) is 0.143. The Kier molecular flexibility index (Phi) is 3.52. The molecule has 0 bridgehead atoms. The maximum Gasteiger partial charge on any atom is 0.416 e. The van der Waals surface area contributed by atoms with Crippen molar-refractivity contribution in [2.45, 2.75) is 12.6 Å². The van der Waals surface area contributed by atoms with E-state index in [9.17, 15) is 13.2 Å². The molecule has 2 nitrogen and oxygen atoms in total. The monoisotopic (exact) mass is 262 g/mol. The molecule has 1 heterocycles. The molecule has 0 N–H and O–H groups in total. The second kappa shape index (κ2) is 5.11. The Balaban J connectivity index is 2.54. The van der Waals surface area contributed by atoms with Gasteiger partial charge in [0.2, 0.25) is 0 Å². The summed E-state index contributed by atoms with van der Waals surface area (Å²) in [6, 6.07) is 11.3. The third-order valence-corrected chi connectivity index (χ3v) is 2.63. The fourth-order valence-electron chi connectivity index (χ4n) is 1.74. The van der Waals surface area contributed by atoms with Crippen LogP contribution in [-0.2, 0) is 12.6 Å². The first-order valence-electron chi connectivity index (χ1n) is 5.51. The summed E-state index contributed by atoms with van der Waals surface area (Å²) in [7, 11) is 0. The number of pyridine rings is 1. The molecule has 1 aromatic heterocycles. The average Bonchev–Trinajstić information content (AvgIpc) is 2.39.